The predicted octanol–water partition coefficient (Wildman–Crippen LogP) is 3.12. The average Bonchev–Trinajstić information content (AvgIpc) is 2.48. The van der Waals surface area contributed by atoms with E-state index in [4.69, 9.17) is 11.6 Å². The molecule has 21 heavy (non-hydrogen) atoms. The number of halogens is 1. The fourth-order valence-corrected chi connectivity index (χ4v) is 2.90. The molecule has 2 rings (SSSR count). The molecule has 1 aromatic carbocycles. The van der Waals surface area contributed by atoms with Crippen LogP contribution in [0.1, 0.15) is 31.2 Å². The highest BCUT2D eigenvalue weighted by atomic mass is 35.5. The van der Waals surface area contributed by atoms with E-state index < -0.39 is 0 Å². The van der Waals surface area contributed by atoms with Crippen LogP contribution in [0, 0.1) is 5.92 Å². The Labute approximate surface area is 132 Å². The Morgan fingerprint density at radius 1 is 1.29 bits per heavy atom. The summed E-state index contributed by atoms with van der Waals surface area (Å²) >= 11 is 5.86. The van der Waals surface area contributed by atoms with Gasteiger partial charge in [0.25, 0.3) is 0 Å². The maximum Gasteiger partial charge on any atom is 0.220 e. The fraction of sp³-hybridized carbons (Fsp3) is 0.588. The second-order valence-electron chi connectivity index (χ2n) is 6.03. The minimum absolute atomic E-state index is 0.209. The highest BCUT2D eigenvalue weighted by Crippen LogP contribution is 2.19. The normalized spacial score (nSPS) is 16.9. The number of nitrogens with one attached hydrogen (secondary N) is 1. The van der Waals surface area contributed by atoms with Crippen LogP contribution < -0.4 is 5.32 Å². The first-order chi connectivity index (χ1) is 10.1. The third kappa shape index (κ3) is 6.06. The molecule has 0 aromatic heterocycles. The number of hydrogen-bond donors (Lipinski definition) is 1. The van der Waals surface area contributed by atoms with Gasteiger partial charge in [-0.25, -0.2) is 0 Å². The zero-order chi connectivity index (χ0) is 15.1. The van der Waals surface area contributed by atoms with Crippen molar-refractivity contribution in [2.75, 3.05) is 26.7 Å². The van der Waals surface area contributed by atoms with E-state index in [9.17, 15) is 4.79 Å². The Kier molecular flexibility index (Phi) is 6.52. The van der Waals surface area contributed by atoms with E-state index in [2.05, 4.69) is 17.3 Å². The molecule has 1 N–H and O–H groups in total. The molecule has 1 saturated heterocycles. The van der Waals surface area contributed by atoms with Gasteiger partial charge in [-0.05, 0) is 69.4 Å². The first-order valence-corrected chi connectivity index (χ1v) is 8.21. The van der Waals surface area contributed by atoms with Gasteiger partial charge >= 0.3 is 0 Å². The van der Waals surface area contributed by atoms with E-state index in [0.29, 0.717) is 12.3 Å². The van der Waals surface area contributed by atoms with Crippen LogP contribution in [0.3, 0.4) is 0 Å². The minimum Gasteiger partial charge on any atom is -0.356 e. The lowest BCUT2D eigenvalue weighted by atomic mass is 9.93. The monoisotopic (exact) mass is 308 g/mol. The second kappa shape index (κ2) is 8.40. The molecule has 0 atom stereocenters. The van der Waals surface area contributed by atoms with Crippen LogP contribution in [-0.2, 0) is 11.2 Å². The number of carbonyl (C=O) groups is 1. The Hall–Kier alpha value is -1.06. The van der Waals surface area contributed by atoms with E-state index in [1.165, 1.54) is 5.56 Å². The maximum atomic E-state index is 11.9. The Bertz CT molecular complexity index is 439. The van der Waals surface area contributed by atoms with E-state index >= 15 is 0 Å². The molecule has 1 heterocycles. The highest BCUT2D eigenvalue weighted by molar-refractivity contribution is 6.30. The van der Waals surface area contributed by atoms with Gasteiger partial charge in [0.1, 0.15) is 0 Å². The van der Waals surface area contributed by atoms with Crippen molar-refractivity contribution in [1.29, 1.82) is 0 Å². The van der Waals surface area contributed by atoms with Crippen LogP contribution in [0.4, 0.5) is 0 Å². The van der Waals surface area contributed by atoms with Crippen LogP contribution in [0.5, 0.6) is 0 Å². The summed E-state index contributed by atoms with van der Waals surface area (Å²) in [7, 11) is 2.15. The zero-order valence-corrected chi connectivity index (χ0v) is 13.5. The topological polar surface area (TPSA) is 32.3 Å². The van der Waals surface area contributed by atoms with Crippen molar-refractivity contribution in [3.8, 4) is 0 Å². The number of nitrogens with zero attached hydrogens (tertiary/aromatic N) is 1. The number of rotatable bonds is 6. The van der Waals surface area contributed by atoms with Gasteiger partial charge in [-0.15, -0.1) is 0 Å². The van der Waals surface area contributed by atoms with Crippen molar-refractivity contribution >= 4 is 17.5 Å². The third-order valence-corrected chi connectivity index (χ3v) is 4.44. The Balaban J connectivity index is 1.58. The summed E-state index contributed by atoms with van der Waals surface area (Å²) in [6.45, 7) is 3.00. The largest absolute Gasteiger partial charge is 0.356 e. The molecule has 3 nitrogen and oxygen atoms in total. The number of piperidine rings is 1. The predicted molar refractivity (Wildman–Crippen MR) is 87.6 cm³/mol. The molecule has 0 radical (unpaired) electrons. The number of aryl methyl sites for hydroxylation is 1. The van der Waals surface area contributed by atoms with Crippen molar-refractivity contribution in [2.24, 2.45) is 5.92 Å². The highest BCUT2D eigenvalue weighted by Gasteiger charge is 2.19. The molecule has 4 heteroatoms. The van der Waals surface area contributed by atoms with E-state index in [1.807, 2.05) is 24.3 Å². The molecule has 0 aliphatic carbocycles. The van der Waals surface area contributed by atoms with Crippen LogP contribution in [0.15, 0.2) is 24.3 Å². The van der Waals surface area contributed by atoms with Crippen molar-refractivity contribution in [3.05, 3.63) is 34.9 Å². The van der Waals surface area contributed by atoms with Crippen molar-refractivity contribution in [1.82, 2.24) is 10.2 Å². The Morgan fingerprint density at radius 2 is 1.95 bits per heavy atom. The smallest absolute Gasteiger partial charge is 0.220 e. The van der Waals surface area contributed by atoms with Gasteiger partial charge in [-0.2, -0.15) is 0 Å². The molecule has 0 unspecified atom stereocenters. The summed E-state index contributed by atoms with van der Waals surface area (Å²) in [5, 5.41) is 3.81. The summed E-state index contributed by atoms with van der Waals surface area (Å²) in [5.74, 6) is 0.776. The number of hydrogen-bond acceptors (Lipinski definition) is 2. The van der Waals surface area contributed by atoms with Crippen LogP contribution >= 0.6 is 11.6 Å². The lowest BCUT2D eigenvalue weighted by Crippen LogP contribution is -2.33. The quantitative estimate of drug-likeness (QED) is 0.819. The minimum atomic E-state index is 0.209. The molecule has 0 saturated carbocycles. The van der Waals surface area contributed by atoms with E-state index in [1.54, 1.807) is 0 Å². The summed E-state index contributed by atoms with van der Waals surface area (Å²) in [6, 6.07) is 7.91. The first-order valence-electron chi connectivity index (χ1n) is 7.83. The molecule has 0 spiro atoms. The van der Waals surface area contributed by atoms with Gasteiger partial charge in [0, 0.05) is 18.0 Å². The molecule has 1 aliphatic rings. The summed E-state index contributed by atoms with van der Waals surface area (Å²) in [6.07, 6.45) is 4.94. The van der Waals surface area contributed by atoms with E-state index in [0.717, 1.165) is 50.3 Å². The van der Waals surface area contributed by atoms with Gasteiger partial charge in [0.05, 0.1) is 0 Å². The van der Waals surface area contributed by atoms with Gasteiger partial charge in [0.2, 0.25) is 5.91 Å². The number of amides is 1. The fourth-order valence-electron chi connectivity index (χ4n) is 2.77. The molecular formula is C17H25ClN2O. The van der Waals surface area contributed by atoms with Gasteiger partial charge in [-0.1, -0.05) is 23.7 Å². The average molecular weight is 309 g/mol. The SMILES string of the molecule is CN1CCC(CC(=O)NCCCc2ccc(Cl)cc2)CC1. The molecule has 1 aliphatic heterocycles. The van der Waals surface area contributed by atoms with E-state index in [-0.39, 0.29) is 5.91 Å². The second-order valence-corrected chi connectivity index (χ2v) is 6.47. The van der Waals surface area contributed by atoms with Gasteiger partial charge in [-0.3, -0.25) is 4.79 Å². The summed E-state index contributed by atoms with van der Waals surface area (Å²) in [5.41, 5.74) is 1.27. The van der Waals surface area contributed by atoms with Crippen LogP contribution in [0.25, 0.3) is 0 Å². The van der Waals surface area contributed by atoms with Gasteiger partial charge in [0.15, 0.2) is 0 Å². The summed E-state index contributed by atoms with van der Waals surface area (Å²) in [4.78, 5) is 14.2. The number of likely N-dealkylation sites (tertiary alicyclic amines) is 1. The van der Waals surface area contributed by atoms with Crippen LogP contribution in [0.2, 0.25) is 5.02 Å². The number of carbonyl (C=O) groups excluding carboxylic acids is 1. The molecule has 1 aromatic rings. The van der Waals surface area contributed by atoms with Crippen LogP contribution in [-0.4, -0.2) is 37.5 Å². The lowest BCUT2D eigenvalue weighted by molar-refractivity contribution is -0.122. The maximum absolute atomic E-state index is 11.9. The van der Waals surface area contributed by atoms with Crippen molar-refractivity contribution in [2.45, 2.75) is 32.1 Å². The molecule has 1 amide bonds. The van der Waals surface area contributed by atoms with Crippen molar-refractivity contribution < 1.29 is 4.79 Å². The van der Waals surface area contributed by atoms with Gasteiger partial charge < -0.3 is 10.2 Å². The molecule has 1 fully saturated rings. The van der Waals surface area contributed by atoms with Crippen molar-refractivity contribution in [3.63, 3.8) is 0 Å². The standard InChI is InChI=1S/C17H25ClN2O/c1-20-11-8-15(9-12-20)13-17(21)19-10-2-3-14-4-6-16(18)7-5-14/h4-7,15H,2-3,8-13H2,1H3,(H,19,21). The number of benzene rings is 1. The lowest BCUT2D eigenvalue weighted by Gasteiger charge is -2.28. The third-order valence-electron chi connectivity index (χ3n) is 4.19. The molecular weight excluding hydrogens is 284 g/mol. The first kappa shape index (κ1) is 16.3. The molecule has 0 bridgehead atoms. The Morgan fingerprint density at radius 3 is 2.62 bits per heavy atom. The molecule has 116 valence electrons. The summed E-state index contributed by atoms with van der Waals surface area (Å²) < 4.78 is 0. The zero-order valence-electron chi connectivity index (χ0n) is 12.8.